The fourth-order valence-corrected chi connectivity index (χ4v) is 2.93. The van der Waals surface area contributed by atoms with Crippen LogP contribution in [0.2, 0.25) is 0 Å². The van der Waals surface area contributed by atoms with Gasteiger partial charge < -0.3 is 10.2 Å². The number of anilines is 1. The molecule has 3 heteroatoms. The molecule has 1 fully saturated rings. The highest BCUT2D eigenvalue weighted by atomic mass is 79.9. The van der Waals surface area contributed by atoms with Gasteiger partial charge in [0.15, 0.2) is 0 Å². The summed E-state index contributed by atoms with van der Waals surface area (Å²) in [5, 5.41) is 3.58. The number of hydrogen-bond acceptors (Lipinski definition) is 2. The molecule has 0 aliphatic heterocycles. The monoisotopic (exact) mass is 338 g/mol. The van der Waals surface area contributed by atoms with E-state index in [1.807, 2.05) is 0 Å². The van der Waals surface area contributed by atoms with Gasteiger partial charge in [-0.15, -0.1) is 0 Å². The van der Waals surface area contributed by atoms with Crippen LogP contribution in [0, 0.1) is 5.92 Å². The standard InChI is InChI=1S/C17H27BrN2/c1-4-9-20(16-7-8-16)17-10-15(18)6-5-14(17)12-19-11-13(2)3/h5-6,10,13,16,19H,4,7-9,11-12H2,1-3H3. The van der Waals surface area contributed by atoms with E-state index in [0.29, 0.717) is 5.92 Å². The molecule has 0 bridgehead atoms. The van der Waals surface area contributed by atoms with Gasteiger partial charge in [0.25, 0.3) is 0 Å². The first-order valence-electron chi connectivity index (χ1n) is 7.87. The van der Waals surface area contributed by atoms with Gasteiger partial charge in [0.1, 0.15) is 0 Å². The lowest BCUT2D eigenvalue weighted by atomic mass is 10.1. The lowest BCUT2D eigenvalue weighted by molar-refractivity contribution is 0.551. The highest BCUT2D eigenvalue weighted by Gasteiger charge is 2.29. The van der Waals surface area contributed by atoms with Crippen LogP contribution >= 0.6 is 15.9 Å². The Bertz CT molecular complexity index is 427. The SMILES string of the molecule is CCCN(c1cc(Br)ccc1CNCC(C)C)C1CC1. The van der Waals surface area contributed by atoms with E-state index in [1.54, 1.807) is 0 Å². The maximum absolute atomic E-state index is 3.63. The predicted molar refractivity (Wildman–Crippen MR) is 91.3 cm³/mol. The smallest absolute Gasteiger partial charge is 0.0425 e. The van der Waals surface area contributed by atoms with Crippen LogP contribution in [0.25, 0.3) is 0 Å². The Hall–Kier alpha value is -0.540. The molecule has 0 spiro atoms. The Morgan fingerprint density at radius 3 is 2.70 bits per heavy atom. The number of halogens is 1. The molecule has 2 nitrogen and oxygen atoms in total. The summed E-state index contributed by atoms with van der Waals surface area (Å²) in [5.41, 5.74) is 2.84. The number of nitrogens with zero attached hydrogens (tertiary/aromatic N) is 1. The summed E-state index contributed by atoms with van der Waals surface area (Å²) >= 11 is 3.63. The van der Waals surface area contributed by atoms with Gasteiger partial charge >= 0.3 is 0 Å². The van der Waals surface area contributed by atoms with Crippen molar-refractivity contribution in [3.05, 3.63) is 28.2 Å². The summed E-state index contributed by atoms with van der Waals surface area (Å²) in [5.74, 6) is 0.698. The second-order valence-corrected chi connectivity index (χ2v) is 7.14. The molecule has 112 valence electrons. The highest BCUT2D eigenvalue weighted by molar-refractivity contribution is 9.10. The zero-order chi connectivity index (χ0) is 14.5. The van der Waals surface area contributed by atoms with Crippen molar-refractivity contribution >= 4 is 21.6 Å². The summed E-state index contributed by atoms with van der Waals surface area (Å²) in [7, 11) is 0. The van der Waals surface area contributed by atoms with Gasteiger partial charge in [-0.3, -0.25) is 0 Å². The predicted octanol–water partition coefficient (Wildman–Crippen LogP) is 4.57. The Balaban J connectivity index is 2.13. The maximum atomic E-state index is 3.63. The maximum Gasteiger partial charge on any atom is 0.0425 e. The third kappa shape index (κ3) is 4.49. The molecule has 0 unspecified atom stereocenters. The van der Waals surface area contributed by atoms with Crippen molar-refractivity contribution in [2.45, 2.75) is 52.6 Å². The van der Waals surface area contributed by atoms with Crippen molar-refractivity contribution in [2.75, 3.05) is 18.0 Å². The molecule has 1 aromatic rings. The minimum absolute atomic E-state index is 0.698. The Morgan fingerprint density at radius 1 is 1.35 bits per heavy atom. The Kier molecular flexibility index (Phi) is 5.91. The van der Waals surface area contributed by atoms with E-state index in [4.69, 9.17) is 0 Å². The molecule has 0 heterocycles. The average Bonchev–Trinajstić information content (AvgIpc) is 3.22. The Morgan fingerprint density at radius 2 is 2.10 bits per heavy atom. The van der Waals surface area contributed by atoms with Crippen LogP contribution in [0.5, 0.6) is 0 Å². The van der Waals surface area contributed by atoms with E-state index in [2.05, 4.69) is 65.1 Å². The van der Waals surface area contributed by atoms with Crippen LogP contribution in [-0.4, -0.2) is 19.1 Å². The highest BCUT2D eigenvalue weighted by Crippen LogP contribution is 2.35. The zero-order valence-corrected chi connectivity index (χ0v) is 14.5. The van der Waals surface area contributed by atoms with Crippen molar-refractivity contribution in [1.82, 2.24) is 5.32 Å². The third-order valence-corrected chi connectivity index (χ3v) is 4.17. The van der Waals surface area contributed by atoms with Gasteiger partial charge in [0, 0.05) is 29.3 Å². The van der Waals surface area contributed by atoms with Gasteiger partial charge in [0.2, 0.25) is 0 Å². The summed E-state index contributed by atoms with van der Waals surface area (Å²) in [4.78, 5) is 2.61. The van der Waals surface area contributed by atoms with Crippen molar-refractivity contribution in [3.8, 4) is 0 Å². The van der Waals surface area contributed by atoms with E-state index in [-0.39, 0.29) is 0 Å². The van der Waals surface area contributed by atoms with Crippen LogP contribution in [0.4, 0.5) is 5.69 Å². The molecule has 2 rings (SSSR count). The first-order chi connectivity index (χ1) is 9.61. The van der Waals surface area contributed by atoms with Crippen LogP contribution < -0.4 is 10.2 Å². The van der Waals surface area contributed by atoms with Gasteiger partial charge in [-0.2, -0.15) is 0 Å². The number of nitrogens with one attached hydrogen (secondary N) is 1. The quantitative estimate of drug-likeness (QED) is 0.746. The molecule has 0 amide bonds. The minimum atomic E-state index is 0.698. The second kappa shape index (κ2) is 7.46. The van der Waals surface area contributed by atoms with Crippen LogP contribution in [0.1, 0.15) is 45.6 Å². The molecule has 0 atom stereocenters. The van der Waals surface area contributed by atoms with E-state index in [9.17, 15) is 0 Å². The van der Waals surface area contributed by atoms with Crippen molar-refractivity contribution in [1.29, 1.82) is 0 Å². The molecule has 1 aliphatic rings. The van der Waals surface area contributed by atoms with Crippen LogP contribution in [0.15, 0.2) is 22.7 Å². The molecule has 0 radical (unpaired) electrons. The van der Waals surface area contributed by atoms with Gasteiger partial charge in [0.05, 0.1) is 0 Å². The van der Waals surface area contributed by atoms with Gasteiger partial charge in [-0.25, -0.2) is 0 Å². The lowest BCUT2D eigenvalue weighted by Crippen LogP contribution is -2.29. The average molecular weight is 339 g/mol. The molecule has 1 aliphatic carbocycles. The van der Waals surface area contributed by atoms with Crippen LogP contribution in [-0.2, 0) is 6.54 Å². The van der Waals surface area contributed by atoms with Crippen LogP contribution in [0.3, 0.4) is 0 Å². The number of hydrogen-bond donors (Lipinski definition) is 1. The second-order valence-electron chi connectivity index (χ2n) is 6.22. The molecule has 1 N–H and O–H groups in total. The molecule has 20 heavy (non-hydrogen) atoms. The Labute approximate surface area is 132 Å². The molecule has 0 aromatic heterocycles. The molecular weight excluding hydrogens is 312 g/mol. The largest absolute Gasteiger partial charge is 0.368 e. The normalized spacial score (nSPS) is 14.8. The molecular formula is C17H27BrN2. The third-order valence-electron chi connectivity index (χ3n) is 3.68. The van der Waals surface area contributed by atoms with Crippen molar-refractivity contribution < 1.29 is 0 Å². The van der Waals surface area contributed by atoms with E-state index < -0.39 is 0 Å². The summed E-state index contributed by atoms with van der Waals surface area (Å²) < 4.78 is 1.18. The van der Waals surface area contributed by atoms with E-state index in [0.717, 1.165) is 25.7 Å². The van der Waals surface area contributed by atoms with Gasteiger partial charge in [-0.05, 0) is 49.4 Å². The van der Waals surface area contributed by atoms with E-state index >= 15 is 0 Å². The van der Waals surface area contributed by atoms with Gasteiger partial charge in [-0.1, -0.05) is 42.8 Å². The topological polar surface area (TPSA) is 15.3 Å². The summed E-state index contributed by atoms with van der Waals surface area (Å²) in [6.07, 6.45) is 3.92. The zero-order valence-electron chi connectivity index (χ0n) is 13.0. The lowest BCUT2D eigenvalue weighted by Gasteiger charge is -2.27. The van der Waals surface area contributed by atoms with Crippen molar-refractivity contribution in [2.24, 2.45) is 5.92 Å². The first kappa shape index (κ1) is 15.8. The first-order valence-corrected chi connectivity index (χ1v) is 8.67. The summed E-state index contributed by atoms with van der Waals surface area (Å²) in [6.45, 7) is 9.98. The molecule has 1 aromatic carbocycles. The summed E-state index contributed by atoms with van der Waals surface area (Å²) in [6, 6.07) is 7.48. The minimum Gasteiger partial charge on any atom is -0.368 e. The fraction of sp³-hybridized carbons (Fsp3) is 0.647. The van der Waals surface area contributed by atoms with E-state index in [1.165, 1.54) is 35.0 Å². The van der Waals surface area contributed by atoms with Crippen molar-refractivity contribution in [3.63, 3.8) is 0 Å². The fourth-order valence-electron chi connectivity index (χ4n) is 2.58. The number of rotatable bonds is 8. The number of benzene rings is 1. The molecule has 1 saturated carbocycles. The molecule has 0 saturated heterocycles.